The highest BCUT2D eigenvalue weighted by molar-refractivity contribution is 14.0. The van der Waals surface area contributed by atoms with E-state index in [9.17, 15) is 13.2 Å². The average molecular weight is 507 g/mol. The van der Waals surface area contributed by atoms with Crippen LogP contribution in [0, 0.1) is 0 Å². The van der Waals surface area contributed by atoms with Crippen LogP contribution in [0.3, 0.4) is 0 Å². The summed E-state index contributed by atoms with van der Waals surface area (Å²) in [6.07, 6.45) is -5.08. The average Bonchev–Trinajstić information content (AvgIpc) is 2.65. The predicted molar refractivity (Wildman–Crippen MR) is 116 cm³/mol. The Bertz CT molecular complexity index is 707. The lowest BCUT2D eigenvalue weighted by Gasteiger charge is -2.12. The number of nitrogens with zero attached hydrogens (tertiary/aromatic N) is 1. The first-order valence-electron chi connectivity index (χ1n) is 8.81. The highest BCUT2D eigenvalue weighted by atomic mass is 127. The van der Waals surface area contributed by atoms with E-state index in [1.165, 1.54) is 0 Å². The fraction of sp³-hybridized carbons (Fsp3) is 0.350. The Balaban J connectivity index is 0.00000392. The van der Waals surface area contributed by atoms with Crippen molar-refractivity contribution in [1.82, 2.24) is 10.6 Å². The first-order valence-corrected chi connectivity index (χ1v) is 8.81. The summed E-state index contributed by atoms with van der Waals surface area (Å²) in [5.41, 5.74) is 2.03. The van der Waals surface area contributed by atoms with Crippen LogP contribution in [-0.2, 0) is 13.2 Å². The Morgan fingerprint density at radius 1 is 0.964 bits per heavy atom. The molecule has 0 heterocycles. The van der Waals surface area contributed by atoms with E-state index in [1.807, 2.05) is 61.5 Å². The molecule has 0 amide bonds. The van der Waals surface area contributed by atoms with E-state index in [2.05, 4.69) is 15.6 Å². The molecule has 0 aliphatic carbocycles. The van der Waals surface area contributed by atoms with Gasteiger partial charge < -0.3 is 15.4 Å². The second kappa shape index (κ2) is 12.5. The van der Waals surface area contributed by atoms with Crippen LogP contribution >= 0.6 is 24.0 Å². The maximum atomic E-state index is 12.2. The first-order chi connectivity index (χ1) is 13.0. The van der Waals surface area contributed by atoms with Gasteiger partial charge in [0.05, 0.1) is 13.0 Å². The van der Waals surface area contributed by atoms with Crippen LogP contribution in [-0.4, -0.2) is 25.2 Å². The number of ether oxygens (including phenoxy) is 1. The summed E-state index contributed by atoms with van der Waals surface area (Å²) < 4.78 is 42.4. The number of guanidine groups is 1. The van der Waals surface area contributed by atoms with E-state index in [4.69, 9.17) is 4.74 Å². The molecular formula is C20H25F3IN3O. The van der Waals surface area contributed by atoms with E-state index in [0.717, 1.165) is 16.9 Å². The second-order valence-electron chi connectivity index (χ2n) is 5.91. The van der Waals surface area contributed by atoms with E-state index in [-0.39, 0.29) is 30.5 Å². The Morgan fingerprint density at radius 2 is 1.64 bits per heavy atom. The van der Waals surface area contributed by atoms with Crippen LogP contribution in [0.2, 0.25) is 0 Å². The highest BCUT2D eigenvalue weighted by Gasteiger charge is 2.26. The topological polar surface area (TPSA) is 45.7 Å². The molecule has 0 radical (unpaired) electrons. The van der Waals surface area contributed by atoms with Crippen molar-refractivity contribution in [3.8, 4) is 5.75 Å². The SMILES string of the molecule is CCNC(=NCc1ccc(OCc2ccccc2)cc1)NCCC(F)(F)F.I. The molecule has 8 heteroatoms. The molecular weight excluding hydrogens is 482 g/mol. The fourth-order valence-electron chi connectivity index (χ4n) is 2.27. The number of hydrogen-bond acceptors (Lipinski definition) is 2. The molecule has 0 aromatic heterocycles. The minimum absolute atomic E-state index is 0. The van der Waals surface area contributed by atoms with E-state index < -0.39 is 12.6 Å². The Labute approximate surface area is 180 Å². The van der Waals surface area contributed by atoms with Gasteiger partial charge in [-0.2, -0.15) is 13.2 Å². The molecule has 0 aliphatic rings. The third kappa shape index (κ3) is 9.82. The van der Waals surface area contributed by atoms with Gasteiger partial charge in [-0.3, -0.25) is 0 Å². The van der Waals surface area contributed by atoms with Gasteiger partial charge in [0.25, 0.3) is 0 Å². The largest absolute Gasteiger partial charge is 0.489 e. The van der Waals surface area contributed by atoms with Crippen LogP contribution in [0.4, 0.5) is 13.2 Å². The van der Waals surface area contributed by atoms with E-state index in [1.54, 1.807) is 0 Å². The van der Waals surface area contributed by atoms with Crippen LogP contribution < -0.4 is 15.4 Å². The van der Waals surface area contributed by atoms with Crippen LogP contribution in [0.1, 0.15) is 24.5 Å². The van der Waals surface area contributed by atoms with Crippen molar-refractivity contribution in [3.63, 3.8) is 0 Å². The quantitative estimate of drug-likeness (QED) is 0.304. The molecule has 154 valence electrons. The van der Waals surface area contributed by atoms with Crippen molar-refractivity contribution in [2.75, 3.05) is 13.1 Å². The van der Waals surface area contributed by atoms with Gasteiger partial charge in [0, 0.05) is 13.1 Å². The van der Waals surface area contributed by atoms with Crippen LogP contribution in [0.25, 0.3) is 0 Å². The zero-order chi connectivity index (χ0) is 19.5. The molecule has 0 unspecified atom stereocenters. The molecule has 2 aromatic carbocycles. The Morgan fingerprint density at radius 3 is 2.25 bits per heavy atom. The summed E-state index contributed by atoms with van der Waals surface area (Å²) in [4.78, 5) is 4.31. The molecule has 0 bridgehead atoms. The first kappa shape index (κ1) is 24.1. The van der Waals surface area contributed by atoms with Crippen molar-refractivity contribution < 1.29 is 17.9 Å². The molecule has 2 aromatic rings. The van der Waals surface area contributed by atoms with Gasteiger partial charge in [0.1, 0.15) is 12.4 Å². The number of benzene rings is 2. The lowest BCUT2D eigenvalue weighted by molar-refractivity contribution is -0.132. The Hall–Kier alpha value is -1.97. The number of rotatable bonds is 8. The minimum atomic E-state index is -4.18. The van der Waals surface area contributed by atoms with Gasteiger partial charge in [0.15, 0.2) is 5.96 Å². The molecule has 0 atom stereocenters. The van der Waals surface area contributed by atoms with Crippen molar-refractivity contribution in [2.24, 2.45) is 4.99 Å². The number of alkyl halides is 3. The molecule has 0 spiro atoms. The Kier molecular flexibility index (Phi) is 10.7. The lowest BCUT2D eigenvalue weighted by Crippen LogP contribution is -2.38. The zero-order valence-corrected chi connectivity index (χ0v) is 18.0. The fourth-order valence-corrected chi connectivity index (χ4v) is 2.27. The second-order valence-corrected chi connectivity index (χ2v) is 5.91. The van der Waals surface area contributed by atoms with Gasteiger partial charge in [-0.1, -0.05) is 42.5 Å². The van der Waals surface area contributed by atoms with E-state index >= 15 is 0 Å². The standard InChI is InChI=1S/C20H24F3N3O.HI/c1-2-24-19(25-13-12-20(21,22)23)26-14-16-8-10-18(11-9-16)27-15-17-6-4-3-5-7-17;/h3-11H,2,12-15H2,1H3,(H2,24,25,26);1H. The lowest BCUT2D eigenvalue weighted by atomic mass is 10.2. The third-order valence-corrected chi connectivity index (χ3v) is 3.64. The zero-order valence-electron chi connectivity index (χ0n) is 15.6. The van der Waals surface area contributed by atoms with Gasteiger partial charge in [-0.25, -0.2) is 4.99 Å². The summed E-state index contributed by atoms with van der Waals surface area (Å²) in [5.74, 6) is 1.12. The smallest absolute Gasteiger partial charge is 0.390 e. The van der Waals surface area contributed by atoms with Crippen molar-refractivity contribution >= 4 is 29.9 Å². The molecule has 2 rings (SSSR count). The minimum Gasteiger partial charge on any atom is -0.489 e. The summed E-state index contributed by atoms with van der Waals surface area (Å²) in [6, 6.07) is 17.4. The monoisotopic (exact) mass is 507 g/mol. The van der Waals surface area contributed by atoms with Crippen molar-refractivity contribution in [2.45, 2.75) is 32.7 Å². The molecule has 0 aliphatic heterocycles. The van der Waals surface area contributed by atoms with Crippen LogP contribution in [0.5, 0.6) is 5.75 Å². The number of aliphatic imine (C=N–C) groups is 1. The predicted octanol–water partition coefficient (Wildman–Crippen LogP) is 4.89. The maximum Gasteiger partial charge on any atom is 0.390 e. The third-order valence-electron chi connectivity index (χ3n) is 3.64. The normalized spacial score (nSPS) is 11.5. The number of halogens is 4. The number of hydrogen-bond donors (Lipinski definition) is 2. The van der Waals surface area contributed by atoms with E-state index in [0.29, 0.717) is 25.7 Å². The molecule has 0 fully saturated rings. The molecule has 2 N–H and O–H groups in total. The highest BCUT2D eigenvalue weighted by Crippen LogP contribution is 2.18. The molecule has 28 heavy (non-hydrogen) atoms. The van der Waals surface area contributed by atoms with Crippen molar-refractivity contribution in [1.29, 1.82) is 0 Å². The molecule has 0 saturated heterocycles. The summed E-state index contributed by atoms with van der Waals surface area (Å²) in [7, 11) is 0. The van der Waals surface area contributed by atoms with Gasteiger partial charge in [0.2, 0.25) is 0 Å². The summed E-state index contributed by atoms with van der Waals surface area (Å²) >= 11 is 0. The maximum absolute atomic E-state index is 12.2. The van der Waals surface area contributed by atoms with Gasteiger partial charge in [-0.15, -0.1) is 24.0 Å². The summed E-state index contributed by atoms with van der Waals surface area (Å²) in [6.45, 7) is 3.08. The molecule has 0 saturated carbocycles. The van der Waals surface area contributed by atoms with Crippen molar-refractivity contribution in [3.05, 3.63) is 65.7 Å². The van der Waals surface area contributed by atoms with Gasteiger partial charge in [-0.05, 0) is 30.2 Å². The van der Waals surface area contributed by atoms with Crippen LogP contribution in [0.15, 0.2) is 59.6 Å². The molecule has 4 nitrogen and oxygen atoms in total. The van der Waals surface area contributed by atoms with Gasteiger partial charge >= 0.3 is 6.18 Å². The number of nitrogens with one attached hydrogen (secondary N) is 2. The summed E-state index contributed by atoms with van der Waals surface area (Å²) in [5, 5.41) is 5.63.